The number of ether oxygens (including phenoxy) is 1. The third kappa shape index (κ3) is 3.20. The van der Waals surface area contributed by atoms with Crippen molar-refractivity contribution in [1.29, 1.82) is 0 Å². The zero-order chi connectivity index (χ0) is 12.1. The van der Waals surface area contributed by atoms with Gasteiger partial charge in [0, 0.05) is 18.7 Å². The number of amides is 1. The molecular weight excluding hydrogens is 211 g/mol. The smallest absolute Gasteiger partial charge is 0.257 e. The Kier molecular flexibility index (Phi) is 4.25. The van der Waals surface area contributed by atoms with Gasteiger partial charge in [-0.1, -0.05) is 0 Å². The lowest BCUT2D eigenvalue weighted by Crippen LogP contribution is -2.25. The zero-order valence-electron chi connectivity index (χ0n) is 9.29. The van der Waals surface area contributed by atoms with Crippen molar-refractivity contribution >= 4 is 5.91 Å². The summed E-state index contributed by atoms with van der Waals surface area (Å²) in [5.74, 6) is -0.195. The molecule has 5 heteroatoms. The van der Waals surface area contributed by atoms with Crippen LogP contribution in [0.1, 0.15) is 18.5 Å². The molecule has 0 saturated carbocycles. The maximum Gasteiger partial charge on any atom is 0.257 e. The summed E-state index contributed by atoms with van der Waals surface area (Å²) < 4.78 is 18.2. The molecule has 1 amide bonds. The van der Waals surface area contributed by atoms with Gasteiger partial charge in [-0.15, -0.1) is 0 Å². The van der Waals surface area contributed by atoms with Crippen LogP contribution in [0.2, 0.25) is 0 Å². The molecule has 1 unspecified atom stereocenters. The molecular formula is C11H15FN2O2. The predicted octanol–water partition coefficient (Wildman–Crippen LogP) is 0.970. The van der Waals surface area contributed by atoms with E-state index in [9.17, 15) is 9.18 Å². The van der Waals surface area contributed by atoms with E-state index in [1.807, 2.05) is 0 Å². The van der Waals surface area contributed by atoms with Crippen molar-refractivity contribution in [2.24, 2.45) is 5.73 Å². The minimum atomic E-state index is -0.375. The summed E-state index contributed by atoms with van der Waals surface area (Å²) >= 11 is 0. The summed E-state index contributed by atoms with van der Waals surface area (Å²) in [6.45, 7) is 1.61. The summed E-state index contributed by atoms with van der Waals surface area (Å²) in [5.41, 5.74) is 6.22. The lowest BCUT2D eigenvalue weighted by atomic mass is 10.1. The molecule has 0 saturated heterocycles. The summed E-state index contributed by atoms with van der Waals surface area (Å²) in [6.07, 6.45) is 0. The van der Waals surface area contributed by atoms with Gasteiger partial charge < -0.3 is 15.8 Å². The van der Waals surface area contributed by atoms with Gasteiger partial charge in [-0.25, -0.2) is 4.39 Å². The number of carbonyl (C=O) groups excluding carboxylic acids is 1. The van der Waals surface area contributed by atoms with Crippen LogP contribution in [-0.2, 0) is 4.79 Å². The molecule has 1 aromatic rings. The average Bonchev–Trinajstić information content (AvgIpc) is 2.26. The fourth-order valence-corrected chi connectivity index (χ4v) is 1.22. The van der Waals surface area contributed by atoms with Crippen LogP contribution in [-0.4, -0.2) is 19.6 Å². The first kappa shape index (κ1) is 12.4. The first-order valence-electron chi connectivity index (χ1n) is 4.93. The van der Waals surface area contributed by atoms with Crippen molar-refractivity contribution in [1.82, 2.24) is 5.32 Å². The number of rotatable bonds is 4. The third-order valence-electron chi connectivity index (χ3n) is 2.10. The van der Waals surface area contributed by atoms with E-state index in [0.29, 0.717) is 11.3 Å². The minimum Gasteiger partial charge on any atom is -0.483 e. The van der Waals surface area contributed by atoms with Crippen LogP contribution in [0.3, 0.4) is 0 Å². The van der Waals surface area contributed by atoms with E-state index in [2.05, 4.69) is 5.32 Å². The standard InChI is InChI=1S/C11H15FN2O2/c1-7(13)9-5-8(12)3-4-10(9)16-6-11(15)14-2/h3-5,7H,6,13H2,1-2H3,(H,14,15). The lowest BCUT2D eigenvalue weighted by Gasteiger charge is -2.13. The number of nitrogens with two attached hydrogens (primary N) is 1. The minimum absolute atomic E-state index is 0.109. The number of hydrogen-bond donors (Lipinski definition) is 2. The first-order chi connectivity index (χ1) is 7.54. The monoisotopic (exact) mass is 226 g/mol. The maximum absolute atomic E-state index is 13.0. The molecule has 0 bridgehead atoms. The van der Waals surface area contributed by atoms with Crippen molar-refractivity contribution in [3.05, 3.63) is 29.6 Å². The summed E-state index contributed by atoms with van der Waals surface area (Å²) in [4.78, 5) is 11.0. The molecule has 0 aliphatic rings. The van der Waals surface area contributed by atoms with E-state index in [-0.39, 0.29) is 24.4 Å². The van der Waals surface area contributed by atoms with Gasteiger partial charge in [-0.05, 0) is 25.1 Å². The quantitative estimate of drug-likeness (QED) is 0.804. The topological polar surface area (TPSA) is 64.3 Å². The predicted molar refractivity (Wildman–Crippen MR) is 58.6 cm³/mol. The number of nitrogens with one attached hydrogen (secondary N) is 1. The van der Waals surface area contributed by atoms with Gasteiger partial charge in [-0.3, -0.25) is 4.79 Å². The number of halogens is 1. The van der Waals surface area contributed by atoms with E-state index in [0.717, 1.165) is 0 Å². The van der Waals surface area contributed by atoms with E-state index < -0.39 is 0 Å². The molecule has 0 aliphatic carbocycles. The van der Waals surface area contributed by atoms with Crippen molar-refractivity contribution < 1.29 is 13.9 Å². The van der Waals surface area contributed by atoms with Crippen LogP contribution in [0.4, 0.5) is 4.39 Å². The van der Waals surface area contributed by atoms with Crippen molar-refractivity contribution in [3.63, 3.8) is 0 Å². The van der Waals surface area contributed by atoms with Gasteiger partial charge in [0.2, 0.25) is 0 Å². The van der Waals surface area contributed by atoms with Crippen molar-refractivity contribution in [3.8, 4) is 5.75 Å². The Morgan fingerprint density at radius 2 is 2.31 bits per heavy atom. The van der Waals surface area contributed by atoms with Gasteiger partial charge in [-0.2, -0.15) is 0 Å². The van der Waals surface area contributed by atoms with Gasteiger partial charge in [0.05, 0.1) is 0 Å². The fraction of sp³-hybridized carbons (Fsp3) is 0.364. The second kappa shape index (κ2) is 5.46. The number of carbonyl (C=O) groups is 1. The highest BCUT2D eigenvalue weighted by Crippen LogP contribution is 2.24. The SMILES string of the molecule is CNC(=O)COc1ccc(F)cc1C(C)N. The molecule has 1 rings (SSSR count). The zero-order valence-corrected chi connectivity index (χ0v) is 9.29. The van der Waals surface area contributed by atoms with E-state index >= 15 is 0 Å². The van der Waals surface area contributed by atoms with E-state index in [1.165, 1.54) is 25.2 Å². The first-order valence-corrected chi connectivity index (χ1v) is 4.93. The molecule has 0 radical (unpaired) electrons. The number of benzene rings is 1. The van der Waals surface area contributed by atoms with Crippen molar-refractivity contribution in [2.75, 3.05) is 13.7 Å². The number of hydrogen-bond acceptors (Lipinski definition) is 3. The van der Waals surface area contributed by atoms with Gasteiger partial charge >= 0.3 is 0 Å². The van der Waals surface area contributed by atoms with Crippen LogP contribution in [0, 0.1) is 5.82 Å². The molecule has 4 nitrogen and oxygen atoms in total. The Balaban J connectivity index is 2.82. The highest BCUT2D eigenvalue weighted by atomic mass is 19.1. The summed E-state index contributed by atoms with van der Waals surface area (Å²) in [6, 6.07) is 3.70. The van der Waals surface area contributed by atoms with E-state index in [4.69, 9.17) is 10.5 Å². The molecule has 0 fully saturated rings. The average molecular weight is 226 g/mol. The largest absolute Gasteiger partial charge is 0.483 e. The lowest BCUT2D eigenvalue weighted by molar-refractivity contribution is -0.122. The van der Waals surface area contributed by atoms with Crippen molar-refractivity contribution in [2.45, 2.75) is 13.0 Å². The Labute approximate surface area is 93.6 Å². The van der Waals surface area contributed by atoms with Gasteiger partial charge in [0.15, 0.2) is 6.61 Å². The molecule has 0 spiro atoms. The van der Waals surface area contributed by atoms with Crippen LogP contribution in [0.25, 0.3) is 0 Å². The van der Waals surface area contributed by atoms with Crippen LogP contribution in [0.15, 0.2) is 18.2 Å². The second-order valence-corrected chi connectivity index (χ2v) is 3.43. The van der Waals surface area contributed by atoms with Crippen LogP contribution < -0.4 is 15.8 Å². The Morgan fingerprint density at radius 1 is 1.62 bits per heavy atom. The highest BCUT2D eigenvalue weighted by molar-refractivity contribution is 5.77. The normalized spacial score (nSPS) is 12.0. The maximum atomic E-state index is 13.0. The third-order valence-corrected chi connectivity index (χ3v) is 2.10. The molecule has 88 valence electrons. The fourth-order valence-electron chi connectivity index (χ4n) is 1.22. The van der Waals surface area contributed by atoms with Gasteiger partial charge in [0.25, 0.3) is 5.91 Å². The van der Waals surface area contributed by atoms with E-state index in [1.54, 1.807) is 6.92 Å². The Morgan fingerprint density at radius 3 is 2.88 bits per heavy atom. The van der Waals surface area contributed by atoms with Crippen LogP contribution >= 0.6 is 0 Å². The molecule has 3 N–H and O–H groups in total. The summed E-state index contributed by atoms with van der Waals surface area (Å²) in [7, 11) is 1.52. The second-order valence-electron chi connectivity index (χ2n) is 3.43. The van der Waals surface area contributed by atoms with Crippen LogP contribution in [0.5, 0.6) is 5.75 Å². The molecule has 1 aromatic carbocycles. The van der Waals surface area contributed by atoms with Gasteiger partial charge in [0.1, 0.15) is 11.6 Å². The molecule has 16 heavy (non-hydrogen) atoms. The highest BCUT2D eigenvalue weighted by Gasteiger charge is 2.10. The Hall–Kier alpha value is -1.62. The molecule has 0 heterocycles. The summed E-state index contributed by atoms with van der Waals surface area (Å²) in [5, 5.41) is 2.43. The molecule has 1 atom stereocenters. The molecule has 0 aliphatic heterocycles. The molecule has 0 aromatic heterocycles. The Bertz CT molecular complexity index is 380. The number of likely N-dealkylation sites (N-methyl/N-ethyl adjacent to an activating group) is 1.